The molecule has 44 heavy (non-hydrogen) atoms. The Labute approximate surface area is 265 Å². The molecule has 1 aliphatic carbocycles. The van der Waals surface area contributed by atoms with E-state index < -0.39 is 6.04 Å². The van der Waals surface area contributed by atoms with Gasteiger partial charge in [-0.15, -0.1) is 0 Å². The fourth-order valence-corrected chi connectivity index (χ4v) is 6.64. The molecule has 0 saturated heterocycles. The van der Waals surface area contributed by atoms with E-state index in [-0.39, 0.29) is 17.6 Å². The fraction of sp³-hybridized carbons (Fsp3) is 0.222. The number of hydrogen-bond donors (Lipinski definition) is 1. The van der Waals surface area contributed by atoms with Gasteiger partial charge in [-0.25, -0.2) is 0 Å². The second kappa shape index (κ2) is 12.2. The molecule has 0 spiro atoms. The lowest BCUT2D eigenvalue weighted by Gasteiger charge is -2.35. The van der Waals surface area contributed by atoms with Crippen molar-refractivity contribution < 1.29 is 23.8 Å². The van der Waals surface area contributed by atoms with Gasteiger partial charge >= 0.3 is 0 Å². The Kier molecular flexibility index (Phi) is 8.19. The highest BCUT2D eigenvalue weighted by atomic mass is 79.9. The first-order valence-corrected chi connectivity index (χ1v) is 15.2. The molecule has 0 fully saturated rings. The highest BCUT2D eigenvalue weighted by molar-refractivity contribution is 9.10. The van der Waals surface area contributed by atoms with Gasteiger partial charge in [0.15, 0.2) is 17.3 Å². The second-order valence-electron chi connectivity index (χ2n) is 11.0. The molecule has 0 saturated carbocycles. The monoisotopic (exact) mass is 652 g/mol. The van der Waals surface area contributed by atoms with Crippen molar-refractivity contribution in [3.63, 3.8) is 0 Å². The summed E-state index contributed by atoms with van der Waals surface area (Å²) in [6.45, 7) is 2.06. The van der Waals surface area contributed by atoms with Gasteiger partial charge in [0.2, 0.25) is 5.75 Å². The van der Waals surface area contributed by atoms with Crippen molar-refractivity contribution in [3.8, 4) is 17.2 Å². The first kappa shape index (κ1) is 29.5. The zero-order valence-electron chi connectivity index (χ0n) is 25.0. The van der Waals surface area contributed by atoms with Gasteiger partial charge in [0.1, 0.15) is 0 Å². The van der Waals surface area contributed by atoms with Gasteiger partial charge in [-0.1, -0.05) is 70.0 Å². The summed E-state index contributed by atoms with van der Waals surface area (Å²) < 4.78 is 17.5. The van der Waals surface area contributed by atoms with Crippen molar-refractivity contribution in [2.45, 2.75) is 31.7 Å². The van der Waals surface area contributed by atoms with Crippen LogP contribution in [-0.2, 0) is 4.79 Å². The van der Waals surface area contributed by atoms with Crippen LogP contribution in [0.2, 0.25) is 0 Å². The number of carbonyl (C=O) groups excluding carboxylic acids is 2. The van der Waals surface area contributed by atoms with Gasteiger partial charge in [0.05, 0.1) is 38.7 Å². The maximum Gasteiger partial charge on any atom is 0.259 e. The minimum Gasteiger partial charge on any atom is -0.493 e. The average molecular weight is 654 g/mol. The van der Waals surface area contributed by atoms with E-state index in [0.717, 1.165) is 27.0 Å². The van der Waals surface area contributed by atoms with Crippen LogP contribution in [0.5, 0.6) is 17.2 Å². The van der Waals surface area contributed by atoms with Gasteiger partial charge in [-0.2, -0.15) is 0 Å². The fourth-order valence-electron chi connectivity index (χ4n) is 6.22. The van der Waals surface area contributed by atoms with E-state index in [1.165, 1.54) is 26.9 Å². The number of allylic oxidation sites excluding steroid dienone is 1. The molecule has 224 valence electrons. The third-order valence-electron chi connectivity index (χ3n) is 8.33. The van der Waals surface area contributed by atoms with Crippen molar-refractivity contribution in [2.24, 2.45) is 0 Å². The molecular formula is C36H33BrN2O5. The summed E-state index contributed by atoms with van der Waals surface area (Å²) in [7, 11) is 4.56. The van der Waals surface area contributed by atoms with Crippen molar-refractivity contribution in [1.82, 2.24) is 0 Å². The molecule has 0 bridgehead atoms. The number of anilines is 2. The van der Waals surface area contributed by atoms with Crippen LogP contribution in [0.3, 0.4) is 0 Å². The van der Waals surface area contributed by atoms with Crippen LogP contribution in [0.25, 0.3) is 0 Å². The topological polar surface area (TPSA) is 77.1 Å². The number of amides is 1. The number of Topliss-reactive ketones (excluding diaryl/α,β-unsaturated/α-hetero) is 1. The number of aryl methyl sites for hydroxylation is 1. The van der Waals surface area contributed by atoms with E-state index in [9.17, 15) is 9.59 Å². The minimum atomic E-state index is -0.697. The standard InChI is InChI=1S/C36H33BrN2O5/c1-21-12-14-22(15-13-21)24-17-28-33(30(40)18-24)34(23-8-7-9-26(37)16-23)39(29-11-6-5-10-27(29)38-28)36(41)25-19-31(42-2)35(44-4)32(20-25)43-3/h5-16,19-20,24,34,38H,17-18H2,1-4H3/t24-,34+/m1/s1. The zero-order valence-corrected chi connectivity index (χ0v) is 26.6. The third-order valence-corrected chi connectivity index (χ3v) is 8.83. The van der Waals surface area contributed by atoms with Gasteiger partial charge in [-0.05, 0) is 66.8 Å². The second-order valence-corrected chi connectivity index (χ2v) is 11.9. The number of carbonyl (C=O) groups is 2. The summed E-state index contributed by atoms with van der Waals surface area (Å²) in [4.78, 5) is 30.9. The van der Waals surface area contributed by atoms with Crippen LogP contribution in [0, 0.1) is 6.92 Å². The molecule has 4 aromatic carbocycles. The summed E-state index contributed by atoms with van der Waals surface area (Å²) in [6.07, 6.45) is 0.978. The molecular weight excluding hydrogens is 620 g/mol. The van der Waals surface area contributed by atoms with Crippen LogP contribution in [-0.4, -0.2) is 33.0 Å². The van der Waals surface area contributed by atoms with E-state index in [0.29, 0.717) is 46.9 Å². The Balaban J connectivity index is 1.57. The van der Waals surface area contributed by atoms with Gasteiger partial charge < -0.3 is 19.5 Å². The van der Waals surface area contributed by atoms with Crippen molar-refractivity contribution in [2.75, 3.05) is 31.5 Å². The summed E-state index contributed by atoms with van der Waals surface area (Å²) in [6, 6.07) is 26.4. The number of fused-ring (bicyclic) bond motifs is 1. The Hall–Kier alpha value is -4.56. The normalized spacial score (nSPS) is 17.7. The third kappa shape index (κ3) is 5.35. The van der Waals surface area contributed by atoms with Crippen LogP contribution in [0.15, 0.2) is 101 Å². The molecule has 1 aliphatic heterocycles. The van der Waals surface area contributed by atoms with E-state index in [1.807, 2.05) is 48.5 Å². The molecule has 1 heterocycles. The molecule has 8 heteroatoms. The van der Waals surface area contributed by atoms with Crippen LogP contribution < -0.4 is 24.4 Å². The lowest BCUT2D eigenvalue weighted by Crippen LogP contribution is -2.38. The number of nitrogens with zero attached hydrogens (tertiary/aromatic N) is 1. The smallest absolute Gasteiger partial charge is 0.259 e. The van der Waals surface area contributed by atoms with E-state index >= 15 is 0 Å². The summed E-state index contributed by atoms with van der Waals surface area (Å²) >= 11 is 3.62. The Morgan fingerprint density at radius 2 is 1.55 bits per heavy atom. The largest absolute Gasteiger partial charge is 0.493 e. The number of halogens is 1. The summed E-state index contributed by atoms with van der Waals surface area (Å²) in [5.74, 6) is 0.829. The van der Waals surface area contributed by atoms with E-state index in [1.54, 1.807) is 17.0 Å². The molecule has 4 aromatic rings. The highest BCUT2D eigenvalue weighted by Crippen LogP contribution is 2.49. The maximum atomic E-state index is 14.8. The van der Waals surface area contributed by atoms with Crippen LogP contribution >= 0.6 is 15.9 Å². The molecule has 1 amide bonds. The lowest BCUT2D eigenvalue weighted by atomic mass is 9.78. The summed E-state index contributed by atoms with van der Waals surface area (Å²) in [5, 5.41) is 3.60. The van der Waals surface area contributed by atoms with Crippen molar-refractivity contribution >= 4 is 39.0 Å². The summed E-state index contributed by atoms with van der Waals surface area (Å²) in [5.41, 5.74) is 6.26. The molecule has 0 radical (unpaired) electrons. The molecule has 1 N–H and O–H groups in total. The molecule has 6 rings (SSSR count). The number of methoxy groups -OCH3 is 3. The molecule has 2 atom stereocenters. The van der Waals surface area contributed by atoms with Gasteiger partial charge in [0, 0.05) is 27.7 Å². The van der Waals surface area contributed by atoms with Gasteiger partial charge in [-0.3, -0.25) is 14.5 Å². The Bertz CT molecular complexity index is 1760. The number of benzene rings is 4. The van der Waals surface area contributed by atoms with E-state index in [4.69, 9.17) is 14.2 Å². The molecule has 2 aliphatic rings. The number of nitrogens with one attached hydrogen (secondary N) is 1. The maximum absolute atomic E-state index is 14.8. The first-order chi connectivity index (χ1) is 21.3. The molecule has 7 nitrogen and oxygen atoms in total. The number of ketones is 1. The van der Waals surface area contributed by atoms with Gasteiger partial charge in [0.25, 0.3) is 5.91 Å². The predicted molar refractivity (Wildman–Crippen MR) is 175 cm³/mol. The number of ether oxygens (including phenoxy) is 3. The quantitative estimate of drug-likeness (QED) is 0.227. The minimum absolute atomic E-state index is 0.00444. The Morgan fingerprint density at radius 3 is 2.20 bits per heavy atom. The van der Waals surface area contributed by atoms with E-state index in [2.05, 4.69) is 52.4 Å². The highest BCUT2D eigenvalue weighted by Gasteiger charge is 2.42. The van der Waals surface area contributed by atoms with Crippen molar-refractivity contribution in [3.05, 3.63) is 123 Å². The molecule has 0 aromatic heterocycles. The number of hydrogen-bond acceptors (Lipinski definition) is 6. The van der Waals surface area contributed by atoms with Crippen molar-refractivity contribution in [1.29, 1.82) is 0 Å². The predicted octanol–water partition coefficient (Wildman–Crippen LogP) is 8.00. The Morgan fingerprint density at radius 1 is 0.841 bits per heavy atom. The lowest BCUT2D eigenvalue weighted by molar-refractivity contribution is -0.116. The average Bonchev–Trinajstić information content (AvgIpc) is 3.18. The SMILES string of the molecule is COc1cc(C(=O)N2c3ccccc3NC3=C(C(=O)C[C@H](c4ccc(C)cc4)C3)[C@@H]2c2cccc(Br)c2)cc(OC)c1OC. The zero-order chi connectivity index (χ0) is 31.0. The van der Waals surface area contributed by atoms with Crippen LogP contribution in [0.1, 0.15) is 51.8 Å². The number of para-hydroxylation sites is 2. The van der Waals surface area contributed by atoms with Crippen LogP contribution in [0.4, 0.5) is 11.4 Å². The first-order valence-electron chi connectivity index (χ1n) is 14.4. The molecule has 0 unspecified atom stereocenters. The number of rotatable bonds is 6.